The van der Waals surface area contributed by atoms with Gasteiger partial charge in [-0.1, -0.05) is 60.7 Å². The molecule has 0 atom stereocenters. The lowest BCUT2D eigenvalue weighted by molar-refractivity contribution is -0.132. The van der Waals surface area contributed by atoms with Gasteiger partial charge in [-0.25, -0.2) is 0 Å². The summed E-state index contributed by atoms with van der Waals surface area (Å²) < 4.78 is 0. The molecule has 1 heterocycles. The minimum Gasteiger partial charge on any atom is -0.343 e. The van der Waals surface area contributed by atoms with E-state index in [0.29, 0.717) is 18.2 Å². The summed E-state index contributed by atoms with van der Waals surface area (Å²) in [5.41, 5.74) is 2.71. The average Bonchev–Trinajstić information content (AvgIpc) is 2.68. The van der Waals surface area contributed by atoms with Crippen LogP contribution >= 0.6 is 0 Å². The maximum atomic E-state index is 12.5. The molecule has 0 bridgehead atoms. The van der Waals surface area contributed by atoms with E-state index in [4.69, 9.17) is 0 Å². The maximum absolute atomic E-state index is 12.5. The third-order valence-corrected chi connectivity index (χ3v) is 5.34. The monoisotopic (exact) mass is 350 g/mol. The quantitative estimate of drug-likeness (QED) is 0.754. The molecule has 3 rings (SSSR count). The van der Waals surface area contributed by atoms with Gasteiger partial charge in [-0.15, -0.1) is 0 Å². The second-order valence-electron chi connectivity index (χ2n) is 7.49. The van der Waals surface area contributed by atoms with Gasteiger partial charge < -0.3 is 9.80 Å². The molecule has 1 fully saturated rings. The highest BCUT2D eigenvalue weighted by atomic mass is 16.2. The highest BCUT2D eigenvalue weighted by molar-refractivity contribution is 5.76. The molecule has 0 aromatic heterocycles. The zero-order valence-corrected chi connectivity index (χ0v) is 15.8. The minimum atomic E-state index is 0.308. The van der Waals surface area contributed by atoms with E-state index >= 15 is 0 Å². The second kappa shape index (κ2) is 9.54. The molecule has 1 amide bonds. The summed E-state index contributed by atoms with van der Waals surface area (Å²) in [4.78, 5) is 16.8. The number of benzene rings is 2. The highest BCUT2D eigenvalue weighted by Crippen LogP contribution is 2.22. The largest absolute Gasteiger partial charge is 0.343 e. The van der Waals surface area contributed by atoms with E-state index in [2.05, 4.69) is 71.4 Å². The number of piperidine rings is 1. The van der Waals surface area contributed by atoms with E-state index in [9.17, 15) is 4.79 Å². The predicted octanol–water partition coefficient (Wildman–Crippen LogP) is 3.99. The Balaban J connectivity index is 1.37. The number of carbonyl (C=O) groups is 1. The van der Waals surface area contributed by atoms with Crippen LogP contribution in [0.1, 0.15) is 30.4 Å². The Bertz CT molecular complexity index is 663. The van der Waals surface area contributed by atoms with E-state index < -0.39 is 0 Å². The first-order valence-corrected chi connectivity index (χ1v) is 9.75. The summed E-state index contributed by atoms with van der Waals surface area (Å²) in [6.45, 7) is 3.54. The maximum Gasteiger partial charge on any atom is 0.223 e. The van der Waals surface area contributed by atoms with Gasteiger partial charge >= 0.3 is 0 Å². The van der Waals surface area contributed by atoms with Gasteiger partial charge in [0.2, 0.25) is 5.91 Å². The third-order valence-electron chi connectivity index (χ3n) is 5.34. The summed E-state index contributed by atoms with van der Waals surface area (Å²) in [5, 5.41) is 0. The van der Waals surface area contributed by atoms with Crippen molar-refractivity contribution in [2.24, 2.45) is 5.92 Å². The van der Waals surface area contributed by atoms with Gasteiger partial charge in [-0.05, 0) is 43.4 Å². The van der Waals surface area contributed by atoms with Crippen LogP contribution < -0.4 is 0 Å². The van der Waals surface area contributed by atoms with E-state index in [-0.39, 0.29) is 0 Å². The zero-order valence-electron chi connectivity index (χ0n) is 15.8. The van der Waals surface area contributed by atoms with Crippen LogP contribution in [0.3, 0.4) is 0 Å². The van der Waals surface area contributed by atoms with Crippen molar-refractivity contribution in [3.8, 4) is 0 Å². The smallest absolute Gasteiger partial charge is 0.223 e. The van der Waals surface area contributed by atoms with Crippen LogP contribution in [0.2, 0.25) is 0 Å². The molecule has 2 aromatic rings. The van der Waals surface area contributed by atoms with Crippen molar-refractivity contribution in [3.63, 3.8) is 0 Å². The molecular formula is C23H30N2O. The fourth-order valence-electron chi connectivity index (χ4n) is 3.75. The molecule has 0 N–H and O–H groups in total. The van der Waals surface area contributed by atoms with Crippen molar-refractivity contribution < 1.29 is 4.79 Å². The van der Waals surface area contributed by atoms with Crippen molar-refractivity contribution in [2.45, 2.75) is 32.2 Å². The SMILES string of the molecule is CN(CCC(=O)N1CCC(Cc2ccccc2)CC1)Cc1ccccc1. The Labute approximate surface area is 157 Å². The average molecular weight is 351 g/mol. The topological polar surface area (TPSA) is 23.6 Å². The molecule has 1 aliphatic rings. The van der Waals surface area contributed by atoms with E-state index in [1.165, 1.54) is 11.1 Å². The lowest BCUT2D eigenvalue weighted by Crippen LogP contribution is -2.40. The van der Waals surface area contributed by atoms with Crippen LogP contribution in [0.15, 0.2) is 60.7 Å². The van der Waals surface area contributed by atoms with Gasteiger partial charge in [-0.2, -0.15) is 0 Å². The van der Waals surface area contributed by atoms with E-state index in [1.54, 1.807) is 0 Å². The van der Waals surface area contributed by atoms with Crippen molar-refractivity contribution in [1.82, 2.24) is 9.80 Å². The molecule has 26 heavy (non-hydrogen) atoms. The molecule has 0 saturated carbocycles. The van der Waals surface area contributed by atoms with Crippen LogP contribution in [0.25, 0.3) is 0 Å². The standard InChI is InChI=1S/C23H30N2O/c1-24(19-22-10-6-3-7-11-22)15-14-23(26)25-16-12-21(13-17-25)18-20-8-4-2-5-9-20/h2-11,21H,12-19H2,1H3. The number of rotatable bonds is 7. The van der Waals surface area contributed by atoms with Crippen LogP contribution in [0, 0.1) is 5.92 Å². The number of nitrogens with zero attached hydrogens (tertiary/aromatic N) is 2. The second-order valence-corrected chi connectivity index (χ2v) is 7.49. The fourth-order valence-corrected chi connectivity index (χ4v) is 3.75. The van der Waals surface area contributed by atoms with Crippen LogP contribution in [0.5, 0.6) is 0 Å². The molecule has 2 aromatic carbocycles. The zero-order chi connectivity index (χ0) is 18.2. The lowest BCUT2D eigenvalue weighted by atomic mass is 9.90. The van der Waals surface area contributed by atoms with Crippen molar-refractivity contribution >= 4 is 5.91 Å². The van der Waals surface area contributed by atoms with E-state index in [1.807, 2.05) is 6.07 Å². The molecule has 0 unspecified atom stereocenters. The summed E-state index contributed by atoms with van der Waals surface area (Å²) >= 11 is 0. The first-order chi connectivity index (χ1) is 12.7. The van der Waals surface area contributed by atoms with Crippen molar-refractivity contribution in [2.75, 3.05) is 26.7 Å². The Kier molecular flexibility index (Phi) is 6.84. The minimum absolute atomic E-state index is 0.308. The number of carbonyl (C=O) groups excluding carboxylic acids is 1. The molecule has 1 saturated heterocycles. The number of likely N-dealkylation sites (tertiary alicyclic amines) is 1. The molecule has 3 heteroatoms. The molecule has 3 nitrogen and oxygen atoms in total. The van der Waals surface area contributed by atoms with Crippen LogP contribution in [0.4, 0.5) is 0 Å². The van der Waals surface area contributed by atoms with Gasteiger partial charge in [0.15, 0.2) is 0 Å². The highest BCUT2D eigenvalue weighted by Gasteiger charge is 2.22. The Morgan fingerprint density at radius 2 is 1.54 bits per heavy atom. The molecule has 0 aliphatic carbocycles. The summed E-state index contributed by atoms with van der Waals surface area (Å²) in [6, 6.07) is 21.1. The third kappa shape index (κ3) is 5.70. The first-order valence-electron chi connectivity index (χ1n) is 9.75. The molecule has 0 spiro atoms. The van der Waals surface area contributed by atoms with Gasteiger partial charge in [0.1, 0.15) is 0 Å². The first kappa shape index (κ1) is 18.7. The summed E-state index contributed by atoms with van der Waals surface area (Å²) in [6.07, 6.45) is 4.01. The van der Waals surface area contributed by atoms with Crippen molar-refractivity contribution in [1.29, 1.82) is 0 Å². The fraction of sp³-hybridized carbons (Fsp3) is 0.435. The number of hydrogen-bond acceptors (Lipinski definition) is 2. The Morgan fingerprint density at radius 1 is 0.962 bits per heavy atom. The van der Waals surface area contributed by atoms with Gasteiger partial charge in [-0.3, -0.25) is 4.79 Å². The molecule has 1 aliphatic heterocycles. The predicted molar refractivity (Wildman–Crippen MR) is 107 cm³/mol. The molecule has 0 radical (unpaired) electrons. The number of hydrogen-bond donors (Lipinski definition) is 0. The summed E-state index contributed by atoms with van der Waals surface area (Å²) in [7, 11) is 2.09. The van der Waals surface area contributed by atoms with Crippen LogP contribution in [-0.2, 0) is 17.8 Å². The Hall–Kier alpha value is -2.13. The van der Waals surface area contributed by atoms with Crippen LogP contribution in [-0.4, -0.2) is 42.4 Å². The Morgan fingerprint density at radius 3 is 2.15 bits per heavy atom. The van der Waals surface area contributed by atoms with E-state index in [0.717, 1.165) is 45.4 Å². The molecular weight excluding hydrogens is 320 g/mol. The lowest BCUT2D eigenvalue weighted by Gasteiger charge is -2.32. The number of amides is 1. The van der Waals surface area contributed by atoms with Gasteiger partial charge in [0.25, 0.3) is 0 Å². The normalized spacial score (nSPS) is 15.4. The van der Waals surface area contributed by atoms with Crippen molar-refractivity contribution in [3.05, 3.63) is 71.8 Å². The molecule has 138 valence electrons. The summed E-state index contributed by atoms with van der Waals surface area (Å²) in [5.74, 6) is 1.02. The van der Waals surface area contributed by atoms with Gasteiger partial charge in [0.05, 0.1) is 0 Å². The van der Waals surface area contributed by atoms with Gasteiger partial charge in [0, 0.05) is 32.6 Å².